The second kappa shape index (κ2) is 8.16. The molecule has 0 radical (unpaired) electrons. The van der Waals surface area contributed by atoms with E-state index in [1.54, 1.807) is 20.1 Å². The molecule has 1 aromatic rings. The van der Waals surface area contributed by atoms with Gasteiger partial charge in [0.25, 0.3) is 0 Å². The summed E-state index contributed by atoms with van der Waals surface area (Å²) >= 11 is 0. The van der Waals surface area contributed by atoms with Crippen molar-refractivity contribution in [1.29, 1.82) is 0 Å². The smallest absolute Gasteiger partial charge is 0.336 e. The van der Waals surface area contributed by atoms with Crippen molar-refractivity contribution in [2.45, 2.75) is 32.1 Å². The average molecular weight is 340 g/mol. The second-order valence-corrected chi connectivity index (χ2v) is 5.77. The molecule has 1 aliphatic rings. The number of methoxy groups -OCH3 is 2. The molecule has 1 N–H and O–H groups in total. The summed E-state index contributed by atoms with van der Waals surface area (Å²) in [4.78, 5) is 25.8. The van der Waals surface area contributed by atoms with Gasteiger partial charge in [-0.1, -0.05) is 0 Å². The Kier molecular flexibility index (Phi) is 6.22. The van der Waals surface area contributed by atoms with Gasteiger partial charge in [0, 0.05) is 13.7 Å². The molecule has 134 valence electrons. The quantitative estimate of drug-likeness (QED) is 0.811. The van der Waals surface area contributed by atoms with E-state index in [4.69, 9.17) is 18.6 Å². The number of ether oxygens (including phenoxy) is 3. The standard InChI is InChI=1S/C16H24N2O6/c1-10-5-6-13(23-10)12(9-21-3)17-16(20)18-7-11(2)24-14(8-18)15(19)22-4/h5-6,11-12,14H,7-9H2,1-4H3,(H,17,20)/t11-,12-,14-/m1/s1. The Morgan fingerprint density at radius 3 is 2.71 bits per heavy atom. The maximum atomic E-state index is 12.6. The zero-order valence-electron chi connectivity index (χ0n) is 14.4. The molecule has 0 spiro atoms. The molecule has 2 rings (SSSR count). The molecule has 1 aromatic heterocycles. The molecule has 0 bridgehead atoms. The van der Waals surface area contributed by atoms with E-state index in [-0.39, 0.29) is 25.3 Å². The number of esters is 1. The van der Waals surface area contributed by atoms with Gasteiger partial charge < -0.3 is 28.8 Å². The highest BCUT2D eigenvalue weighted by molar-refractivity contribution is 5.78. The van der Waals surface area contributed by atoms with Gasteiger partial charge in [-0.3, -0.25) is 0 Å². The maximum absolute atomic E-state index is 12.6. The van der Waals surface area contributed by atoms with Crippen LogP contribution in [0.2, 0.25) is 0 Å². The first-order chi connectivity index (χ1) is 11.4. The van der Waals surface area contributed by atoms with Crippen molar-refractivity contribution in [3.63, 3.8) is 0 Å². The maximum Gasteiger partial charge on any atom is 0.336 e. The number of aryl methyl sites for hydroxylation is 1. The molecule has 3 atom stereocenters. The summed E-state index contributed by atoms with van der Waals surface area (Å²) in [6.45, 7) is 4.44. The van der Waals surface area contributed by atoms with Crippen molar-refractivity contribution < 1.29 is 28.2 Å². The predicted octanol–water partition coefficient (Wildman–Crippen LogP) is 1.25. The Labute approximate surface area is 141 Å². The number of carbonyl (C=O) groups excluding carboxylic acids is 2. The molecule has 1 aliphatic heterocycles. The van der Waals surface area contributed by atoms with Crippen molar-refractivity contribution in [2.75, 3.05) is 33.9 Å². The normalized spacial score (nSPS) is 22.1. The summed E-state index contributed by atoms with van der Waals surface area (Å²) in [6.07, 6.45) is -1.04. The number of rotatable bonds is 5. The molecule has 1 fully saturated rings. The average Bonchev–Trinajstić information content (AvgIpc) is 2.99. The van der Waals surface area contributed by atoms with Crippen molar-refractivity contribution >= 4 is 12.0 Å². The van der Waals surface area contributed by atoms with Gasteiger partial charge in [0.2, 0.25) is 0 Å². The van der Waals surface area contributed by atoms with Gasteiger partial charge in [0.1, 0.15) is 17.6 Å². The predicted molar refractivity (Wildman–Crippen MR) is 84.5 cm³/mol. The van der Waals surface area contributed by atoms with Crippen LogP contribution in [-0.2, 0) is 19.0 Å². The Hall–Kier alpha value is -2.06. The van der Waals surface area contributed by atoms with Crippen LogP contribution in [0.25, 0.3) is 0 Å². The van der Waals surface area contributed by atoms with E-state index in [2.05, 4.69) is 5.32 Å². The number of amides is 2. The van der Waals surface area contributed by atoms with Crippen LogP contribution in [0.15, 0.2) is 16.5 Å². The van der Waals surface area contributed by atoms with Crippen LogP contribution in [-0.4, -0.2) is 63.0 Å². The zero-order chi connectivity index (χ0) is 17.7. The first-order valence-electron chi connectivity index (χ1n) is 7.78. The number of hydrogen-bond acceptors (Lipinski definition) is 6. The molecular formula is C16H24N2O6. The van der Waals surface area contributed by atoms with E-state index in [1.807, 2.05) is 13.0 Å². The molecule has 1 saturated heterocycles. The lowest BCUT2D eigenvalue weighted by Gasteiger charge is -2.36. The fourth-order valence-electron chi connectivity index (χ4n) is 2.62. The van der Waals surface area contributed by atoms with Crippen molar-refractivity contribution in [3.8, 4) is 0 Å². The van der Waals surface area contributed by atoms with E-state index in [0.717, 1.165) is 5.76 Å². The molecule has 2 amide bonds. The molecular weight excluding hydrogens is 316 g/mol. The Balaban J connectivity index is 2.04. The van der Waals surface area contributed by atoms with Crippen molar-refractivity contribution in [1.82, 2.24) is 10.2 Å². The van der Waals surface area contributed by atoms with Crippen LogP contribution in [0.5, 0.6) is 0 Å². The zero-order valence-corrected chi connectivity index (χ0v) is 14.4. The van der Waals surface area contributed by atoms with E-state index >= 15 is 0 Å². The van der Waals surface area contributed by atoms with Crippen LogP contribution >= 0.6 is 0 Å². The first-order valence-corrected chi connectivity index (χ1v) is 7.78. The lowest BCUT2D eigenvalue weighted by Crippen LogP contribution is -2.55. The van der Waals surface area contributed by atoms with Gasteiger partial charge in [-0.05, 0) is 26.0 Å². The second-order valence-electron chi connectivity index (χ2n) is 5.77. The first kappa shape index (κ1) is 18.3. The molecule has 0 aromatic carbocycles. The molecule has 8 nitrogen and oxygen atoms in total. The summed E-state index contributed by atoms with van der Waals surface area (Å²) < 4.78 is 21.0. The van der Waals surface area contributed by atoms with Crippen LogP contribution in [0.1, 0.15) is 24.5 Å². The summed E-state index contributed by atoms with van der Waals surface area (Å²) in [5.41, 5.74) is 0. The van der Waals surface area contributed by atoms with E-state index < -0.39 is 18.1 Å². The number of furan rings is 1. The fraction of sp³-hybridized carbons (Fsp3) is 0.625. The SMILES string of the molecule is COC[C@@H](NC(=O)N1C[C@@H](C)O[C@@H](C(=O)OC)C1)c1ccc(C)o1. The number of urea groups is 1. The van der Waals surface area contributed by atoms with Gasteiger partial charge in [-0.2, -0.15) is 0 Å². The largest absolute Gasteiger partial charge is 0.467 e. The Bertz CT molecular complexity index is 573. The van der Waals surface area contributed by atoms with Gasteiger partial charge in [0.15, 0.2) is 6.10 Å². The van der Waals surface area contributed by atoms with Crippen molar-refractivity contribution in [3.05, 3.63) is 23.7 Å². The number of nitrogens with one attached hydrogen (secondary N) is 1. The summed E-state index contributed by atoms with van der Waals surface area (Å²) in [5, 5.41) is 2.88. The molecule has 8 heteroatoms. The number of carbonyl (C=O) groups is 2. The molecule has 0 aliphatic carbocycles. The molecule has 0 saturated carbocycles. The minimum Gasteiger partial charge on any atom is -0.467 e. The number of nitrogens with zero attached hydrogens (tertiary/aromatic N) is 1. The summed E-state index contributed by atoms with van der Waals surface area (Å²) in [7, 11) is 2.85. The molecule has 24 heavy (non-hydrogen) atoms. The highest BCUT2D eigenvalue weighted by Gasteiger charge is 2.34. The number of morpholine rings is 1. The number of hydrogen-bond donors (Lipinski definition) is 1. The molecule has 2 heterocycles. The van der Waals surface area contributed by atoms with Crippen LogP contribution in [0.3, 0.4) is 0 Å². The highest BCUT2D eigenvalue weighted by atomic mass is 16.6. The highest BCUT2D eigenvalue weighted by Crippen LogP contribution is 2.18. The summed E-state index contributed by atoms with van der Waals surface area (Å²) in [5.74, 6) is 0.883. The topological polar surface area (TPSA) is 90.2 Å². The Morgan fingerprint density at radius 1 is 1.38 bits per heavy atom. The monoisotopic (exact) mass is 340 g/mol. The third kappa shape index (κ3) is 4.48. The summed E-state index contributed by atoms with van der Waals surface area (Å²) in [6, 6.07) is 2.91. The van der Waals surface area contributed by atoms with Crippen LogP contribution in [0.4, 0.5) is 4.79 Å². The van der Waals surface area contributed by atoms with E-state index in [1.165, 1.54) is 12.0 Å². The lowest BCUT2D eigenvalue weighted by atomic mass is 10.2. The minimum absolute atomic E-state index is 0.139. The molecule has 0 unspecified atom stereocenters. The fourth-order valence-corrected chi connectivity index (χ4v) is 2.62. The van der Waals surface area contributed by atoms with E-state index in [0.29, 0.717) is 12.3 Å². The van der Waals surface area contributed by atoms with Gasteiger partial charge in [0.05, 0.1) is 26.4 Å². The van der Waals surface area contributed by atoms with E-state index in [9.17, 15) is 9.59 Å². The van der Waals surface area contributed by atoms with Gasteiger partial charge in [-0.15, -0.1) is 0 Å². The van der Waals surface area contributed by atoms with Crippen molar-refractivity contribution in [2.24, 2.45) is 0 Å². The van der Waals surface area contributed by atoms with Gasteiger partial charge in [-0.25, -0.2) is 9.59 Å². The lowest BCUT2D eigenvalue weighted by molar-refractivity contribution is -0.164. The third-order valence-corrected chi connectivity index (χ3v) is 3.75. The van der Waals surface area contributed by atoms with Gasteiger partial charge >= 0.3 is 12.0 Å². The Morgan fingerprint density at radius 2 is 2.12 bits per heavy atom. The van der Waals surface area contributed by atoms with Crippen LogP contribution in [0, 0.1) is 6.92 Å². The van der Waals surface area contributed by atoms with Crippen LogP contribution < -0.4 is 5.32 Å². The third-order valence-electron chi connectivity index (χ3n) is 3.75. The minimum atomic E-state index is -0.781.